The van der Waals surface area contributed by atoms with E-state index in [1.807, 2.05) is 6.07 Å². The molecule has 15 heavy (non-hydrogen) atoms. The van der Waals surface area contributed by atoms with Crippen molar-refractivity contribution in [1.82, 2.24) is 5.16 Å². The van der Waals surface area contributed by atoms with Crippen molar-refractivity contribution in [3.63, 3.8) is 0 Å². The molecular weight excluding hydrogens is 198 g/mol. The maximum atomic E-state index is 5.34. The summed E-state index contributed by atoms with van der Waals surface area (Å²) in [4.78, 5) is 0. The smallest absolute Gasteiger partial charge is 0.124 e. The van der Waals surface area contributed by atoms with Crippen LogP contribution in [-0.4, -0.2) is 45.3 Å². The molecule has 0 aliphatic rings. The minimum absolute atomic E-state index is 0.599. The van der Waals surface area contributed by atoms with Gasteiger partial charge in [-0.2, -0.15) is 0 Å². The fourth-order valence-corrected chi connectivity index (χ4v) is 1.01. The first-order valence-corrected chi connectivity index (χ1v) is 4.97. The second-order valence-corrected chi connectivity index (χ2v) is 2.96. The van der Waals surface area contributed by atoms with Gasteiger partial charge in [0.1, 0.15) is 6.26 Å². The number of aromatic nitrogens is 1. The van der Waals surface area contributed by atoms with Crippen LogP contribution < -0.4 is 0 Å². The SMILES string of the molecule is COCCOCCOCCc1ccon1. The lowest BCUT2D eigenvalue weighted by atomic mass is 10.3. The van der Waals surface area contributed by atoms with Crippen LogP contribution in [0, 0.1) is 0 Å². The first-order chi connectivity index (χ1) is 7.43. The molecule has 0 N–H and O–H groups in total. The van der Waals surface area contributed by atoms with Crippen LogP contribution in [0.3, 0.4) is 0 Å². The Balaban J connectivity index is 1.81. The zero-order valence-electron chi connectivity index (χ0n) is 8.98. The third-order valence-corrected chi connectivity index (χ3v) is 1.80. The van der Waals surface area contributed by atoms with Gasteiger partial charge in [-0.3, -0.25) is 0 Å². The predicted molar refractivity (Wildman–Crippen MR) is 53.7 cm³/mol. The molecule has 0 saturated heterocycles. The molecule has 0 unspecified atom stereocenters. The summed E-state index contributed by atoms with van der Waals surface area (Å²) < 4.78 is 20.1. The van der Waals surface area contributed by atoms with Gasteiger partial charge >= 0.3 is 0 Å². The van der Waals surface area contributed by atoms with Crippen LogP contribution in [0.4, 0.5) is 0 Å². The number of rotatable bonds is 9. The molecule has 0 aromatic carbocycles. The maximum absolute atomic E-state index is 5.34. The number of nitrogens with zero attached hydrogens (tertiary/aromatic N) is 1. The first-order valence-electron chi connectivity index (χ1n) is 4.97. The zero-order valence-corrected chi connectivity index (χ0v) is 8.98. The van der Waals surface area contributed by atoms with E-state index in [1.165, 1.54) is 0 Å². The molecule has 0 spiro atoms. The van der Waals surface area contributed by atoms with E-state index in [9.17, 15) is 0 Å². The molecule has 0 saturated carbocycles. The molecule has 0 amide bonds. The van der Waals surface area contributed by atoms with Gasteiger partial charge in [0.2, 0.25) is 0 Å². The minimum atomic E-state index is 0.599. The van der Waals surface area contributed by atoms with E-state index in [0.717, 1.165) is 12.1 Å². The van der Waals surface area contributed by atoms with E-state index in [2.05, 4.69) is 5.16 Å². The van der Waals surface area contributed by atoms with E-state index < -0.39 is 0 Å². The summed E-state index contributed by atoms with van der Waals surface area (Å²) >= 11 is 0. The Bertz CT molecular complexity index is 225. The highest BCUT2D eigenvalue weighted by atomic mass is 16.5. The lowest BCUT2D eigenvalue weighted by Gasteiger charge is -2.04. The number of ether oxygens (including phenoxy) is 3. The third kappa shape index (κ3) is 6.22. The summed E-state index contributed by atoms with van der Waals surface area (Å²) in [5.74, 6) is 0. The Hall–Kier alpha value is -0.910. The van der Waals surface area contributed by atoms with Crippen molar-refractivity contribution in [2.75, 3.05) is 40.1 Å². The van der Waals surface area contributed by atoms with Crippen LogP contribution in [0.15, 0.2) is 16.9 Å². The molecule has 1 aromatic rings. The molecule has 0 atom stereocenters. The predicted octanol–water partition coefficient (Wildman–Crippen LogP) is 0.897. The molecule has 0 bridgehead atoms. The Labute approximate surface area is 89.3 Å². The molecule has 0 aliphatic carbocycles. The highest BCUT2D eigenvalue weighted by Gasteiger charge is 1.96. The van der Waals surface area contributed by atoms with Crippen molar-refractivity contribution in [1.29, 1.82) is 0 Å². The largest absolute Gasteiger partial charge is 0.382 e. The molecule has 0 radical (unpaired) electrons. The topological polar surface area (TPSA) is 53.7 Å². The second-order valence-electron chi connectivity index (χ2n) is 2.96. The van der Waals surface area contributed by atoms with E-state index >= 15 is 0 Å². The van der Waals surface area contributed by atoms with Crippen molar-refractivity contribution in [2.24, 2.45) is 0 Å². The van der Waals surface area contributed by atoms with Gasteiger partial charge in [-0.05, 0) is 0 Å². The molecule has 0 fully saturated rings. The molecular formula is C10H17NO4. The number of methoxy groups -OCH3 is 1. The average Bonchev–Trinajstić information content (AvgIpc) is 2.75. The van der Waals surface area contributed by atoms with Gasteiger partial charge in [0.25, 0.3) is 0 Å². The molecule has 1 heterocycles. The van der Waals surface area contributed by atoms with Crippen LogP contribution in [0.25, 0.3) is 0 Å². The van der Waals surface area contributed by atoms with Gasteiger partial charge in [0.15, 0.2) is 0 Å². The Morgan fingerprint density at radius 3 is 2.53 bits per heavy atom. The molecule has 5 nitrogen and oxygen atoms in total. The van der Waals surface area contributed by atoms with Crippen molar-refractivity contribution in [3.8, 4) is 0 Å². The van der Waals surface area contributed by atoms with E-state index in [1.54, 1.807) is 13.4 Å². The monoisotopic (exact) mass is 215 g/mol. The second kappa shape index (κ2) is 8.40. The highest BCUT2D eigenvalue weighted by Crippen LogP contribution is 1.95. The van der Waals surface area contributed by atoms with Gasteiger partial charge in [-0.1, -0.05) is 5.16 Å². The van der Waals surface area contributed by atoms with Crippen molar-refractivity contribution >= 4 is 0 Å². The summed E-state index contributed by atoms with van der Waals surface area (Å²) in [6.07, 6.45) is 2.33. The summed E-state index contributed by atoms with van der Waals surface area (Å²) in [5, 5.41) is 3.77. The average molecular weight is 215 g/mol. The van der Waals surface area contributed by atoms with E-state index in [0.29, 0.717) is 33.0 Å². The normalized spacial score (nSPS) is 10.7. The highest BCUT2D eigenvalue weighted by molar-refractivity contribution is 4.94. The lowest BCUT2D eigenvalue weighted by Crippen LogP contribution is -2.09. The maximum Gasteiger partial charge on any atom is 0.124 e. The van der Waals surface area contributed by atoms with Crippen molar-refractivity contribution < 1.29 is 18.7 Å². The van der Waals surface area contributed by atoms with Crippen molar-refractivity contribution in [2.45, 2.75) is 6.42 Å². The summed E-state index contributed by atoms with van der Waals surface area (Å²) in [6.45, 7) is 3.08. The fourth-order valence-electron chi connectivity index (χ4n) is 1.01. The fraction of sp³-hybridized carbons (Fsp3) is 0.700. The van der Waals surface area contributed by atoms with Gasteiger partial charge in [-0.25, -0.2) is 0 Å². The quantitative estimate of drug-likeness (QED) is 0.573. The van der Waals surface area contributed by atoms with Crippen LogP contribution >= 0.6 is 0 Å². The molecule has 1 aromatic heterocycles. The van der Waals surface area contributed by atoms with Crippen LogP contribution in [0.1, 0.15) is 5.69 Å². The summed E-state index contributed by atoms with van der Waals surface area (Å²) in [7, 11) is 1.65. The minimum Gasteiger partial charge on any atom is -0.382 e. The molecule has 86 valence electrons. The van der Waals surface area contributed by atoms with Gasteiger partial charge < -0.3 is 18.7 Å². The standard InChI is InChI=1S/C10H17NO4/c1-12-6-7-14-9-8-13-4-2-10-3-5-15-11-10/h3,5H,2,4,6-9H2,1H3. The van der Waals surface area contributed by atoms with Gasteiger partial charge in [0.05, 0.1) is 38.7 Å². The molecule has 1 rings (SSSR count). The molecule has 5 heteroatoms. The Kier molecular flexibility index (Phi) is 6.81. The van der Waals surface area contributed by atoms with Crippen LogP contribution in [0.5, 0.6) is 0 Å². The first kappa shape index (κ1) is 12.2. The van der Waals surface area contributed by atoms with E-state index in [4.69, 9.17) is 18.7 Å². The number of hydrogen-bond donors (Lipinski definition) is 0. The summed E-state index contributed by atoms with van der Waals surface area (Å²) in [5.41, 5.74) is 0.912. The Morgan fingerprint density at radius 2 is 1.87 bits per heavy atom. The third-order valence-electron chi connectivity index (χ3n) is 1.80. The Morgan fingerprint density at radius 1 is 1.13 bits per heavy atom. The zero-order chi connectivity index (χ0) is 10.8. The van der Waals surface area contributed by atoms with Crippen LogP contribution in [-0.2, 0) is 20.6 Å². The van der Waals surface area contributed by atoms with Gasteiger partial charge in [-0.15, -0.1) is 0 Å². The van der Waals surface area contributed by atoms with E-state index in [-0.39, 0.29) is 0 Å². The van der Waals surface area contributed by atoms with Crippen LogP contribution in [0.2, 0.25) is 0 Å². The lowest BCUT2D eigenvalue weighted by molar-refractivity contribution is 0.0253. The molecule has 0 aliphatic heterocycles. The van der Waals surface area contributed by atoms with Gasteiger partial charge in [0, 0.05) is 19.6 Å². The number of hydrogen-bond acceptors (Lipinski definition) is 5. The summed E-state index contributed by atoms with van der Waals surface area (Å²) in [6, 6.07) is 1.83. The van der Waals surface area contributed by atoms with Crippen molar-refractivity contribution in [3.05, 3.63) is 18.0 Å².